The second-order valence-corrected chi connectivity index (χ2v) is 3.09. The van der Waals surface area contributed by atoms with Crippen LogP contribution < -0.4 is 14.2 Å². The van der Waals surface area contributed by atoms with E-state index >= 15 is 0 Å². The Kier molecular flexibility index (Phi) is 3.80. The first-order valence-corrected chi connectivity index (χ1v) is 4.62. The number of rotatable bonds is 4. The van der Waals surface area contributed by atoms with Crippen molar-refractivity contribution in [3.8, 4) is 17.2 Å². The van der Waals surface area contributed by atoms with Gasteiger partial charge in [-0.15, -0.1) is 0 Å². The molecule has 4 nitrogen and oxygen atoms in total. The van der Waals surface area contributed by atoms with E-state index in [1.54, 1.807) is 33.3 Å². The quantitative estimate of drug-likeness (QED) is 0.826. The van der Waals surface area contributed by atoms with Crippen molar-refractivity contribution in [1.29, 1.82) is 0 Å². The van der Waals surface area contributed by atoms with Crippen molar-refractivity contribution in [2.75, 3.05) is 21.3 Å². The van der Waals surface area contributed by atoms with Gasteiger partial charge in [-0.1, -0.05) is 0 Å². The highest BCUT2D eigenvalue weighted by atomic mass is 16.5. The number of benzene rings is 1. The highest BCUT2D eigenvalue weighted by molar-refractivity contribution is 5.54. The molecule has 0 aromatic heterocycles. The Morgan fingerprint density at radius 3 is 1.93 bits per heavy atom. The molecule has 1 aromatic carbocycles. The molecule has 0 saturated heterocycles. The number of hydrogen-bond acceptors (Lipinski definition) is 4. The normalized spacial score (nSPS) is 12.1. The Morgan fingerprint density at radius 1 is 1.00 bits per heavy atom. The predicted molar refractivity (Wildman–Crippen MR) is 56.7 cm³/mol. The minimum Gasteiger partial charge on any atom is -0.496 e. The fourth-order valence-corrected chi connectivity index (χ4v) is 1.51. The summed E-state index contributed by atoms with van der Waals surface area (Å²) < 4.78 is 15.5. The van der Waals surface area contributed by atoms with Crippen molar-refractivity contribution in [2.45, 2.75) is 13.0 Å². The second kappa shape index (κ2) is 4.89. The molecule has 0 radical (unpaired) electrons. The van der Waals surface area contributed by atoms with Gasteiger partial charge in [0.15, 0.2) is 11.5 Å². The molecule has 1 rings (SSSR count). The largest absolute Gasteiger partial charge is 0.496 e. The summed E-state index contributed by atoms with van der Waals surface area (Å²) in [5.74, 6) is 1.67. The lowest BCUT2D eigenvalue weighted by Gasteiger charge is -2.17. The van der Waals surface area contributed by atoms with E-state index in [9.17, 15) is 5.11 Å². The van der Waals surface area contributed by atoms with Gasteiger partial charge in [-0.3, -0.25) is 0 Å². The highest BCUT2D eigenvalue weighted by Crippen LogP contribution is 2.40. The maximum atomic E-state index is 9.65. The number of ether oxygens (including phenoxy) is 3. The highest BCUT2D eigenvalue weighted by Gasteiger charge is 2.19. The van der Waals surface area contributed by atoms with E-state index in [2.05, 4.69) is 0 Å². The fraction of sp³-hybridized carbons (Fsp3) is 0.455. The van der Waals surface area contributed by atoms with Gasteiger partial charge in [0.1, 0.15) is 5.75 Å². The standard InChI is InChI=1S/C11H16O4/c1-7(12)10-8(13-2)5-6-9(14-3)11(10)15-4/h5-7,12H,1-4H3. The minimum atomic E-state index is -0.676. The topological polar surface area (TPSA) is 47.9 Å². The van der Waals surface area contributed by atoms with Crippen LogP contribution in [0.2, 0.25) is 0 Å². The van der Waals surface area contributed by atoms with Crippen molar-refractivity contribution >= 4 is 0 Å². The van der Waals surface area contributed by atoms with Crippen LogP contribution in [0.4, 0.5) is 0 Å². The first-order valence-electron chi connectivity index (χ1n) is 4.62. The Balaban J connectivity index is 3.37. The van der Waals surface area contributed by atoms with E-state index in [0.717, 1.165) is 0 Å². The van der Waals surface area contributed by atoms with E-state index in [-0.39, 0.29) is 0 Å². The van der Waals surface area contributed by atoms with Crippen LogP contribution in [0.3, 0.4) is 0 Å². The van der Waals surface area contributed by atoms with Crippen molar-refractivity contribution in [2.24, 2.45) is 0 Å². The second-order valence-electron chi connectivity index (χ2n) is 3.09. The summed E-state index contributed by atoms with van der Waals surface area (Å²) >= 11 is 0. The van der Waals surface area contributed by atoms with E-state index in [4.69, 9.17) is 14.2 Å². The predicted octanol–water partition coefficient (Wildman–Crippen LogP) is 1.77. The van der Waals surface area contributed by atoms with Gasteiger partial charge in [0, 0.05) is 0 Å². The third-order valence-electron chi connectivity index (χ3n) is 2.18. The average molecular weight is 212 g/mol. The number of hydrogen-bond donors (Lipinski definition) is 1. The number of methoxy groups -OCH3 is 3. The summed E-state index contributed by atoms with van der Waals surface area (Å²) in [6.45, 7) is 1.65. The molecule has 0 aliphatic heterocycles. The van der Waals surface area contributed by atoms with Crippen molar-refractivity contribution in [3.05, 3.63) is 17.7 Å². The van der Waals surface area contributed by atoms with Gasteiger partial charge in [0.2, 0.25) is 0 Å². The third kappa shape index (κ3) is 2.15. The Labute approximate surface area is 89.4 Å². The van der Waals surface area contributed by atoms with E-state index in [1.807, 2.05) is 0 Å². The lowest BCUT2D eigenvalue weighted by Crippen LogP contribution is -2.02. The lowest BCUT2D eigenvalue weighted by molar-refractivity contribution is 0.187. The first kappa shape index (κ1) is 11.7. The number of aliphatic hydroxyl groups is 1. The van der Waals surface area contributed by atoms with E-state index in [1.165, 1.54) is 7.11 Å². The van der Waals surface area contributed by atoms with Gasteiger partial charge >= 0.3 is 0 Å². The van der Waals surface area contributed by atoms with Gasteiger partial charge < -0.3 is 19.3 Å². The Bertz CT molecular complexity index is 334. The van der Waals surface area contributed by atoms with Crippen LogP contribution in [0.25, 0.3) is 0 Å². The molecule has 1 N–H and O–H groups in total. The van der Waals surface area contributed by atoms with Crippen LogP contribution in [0.1, 0.15) is 18.6 Å². The monoisotopic (exact) mass is 212 g/mol. The van der Waals surface area contributed by atoms with Crippen LogP contribution in [0.5, 0.6) is 17.2 Å². The van der Waals surface area contributed by atoms with Gasteiger partial charge in [0.25, 0.3) is 0 Å². The first-order chi connectivity index (χ1) is 7.15. The Morgan fingerprint density at radius 2 is 1.53 bits per heavy atom. The summed E-state index contributed by atoms with van der Waals surface area (Å²) in [6.07, 6.45) is -0.676. The van der Waals surface area contributed by atoms with E-state index < -0.39 is 6.10 Å². The fourth-order valence-electron chi connectivity index (χ4n) is 1.51. The summed E-state index contributed by atoms with van der Waals surface area (Å²) in [4.78, 5) is 0. The third-order valence-corrected chi connectivity index (χ3v) is 2.18. The molecule has 1 atom stereocenters. The van der Waals surface area contributed by atoms with Crippen molar-refractivity contribution in [3.63, 3.8) is 0 Å². The van der Waals surface area contributed by atoms with Gasteiger partial charge in [-0.05, 0) is 19.1 Å². The summed E-state index contributed by atoms with van der Waals surface area (Å²) in [6, 6.07) is 3.48. The van der Waals surface area contributed by atoms with Crippen LogP contribution in [0.15, 0.2) is 12.1 Å². The molecule has 0 aliphatic carbocycles. The van der Waals surface area contributed by atoms with E-state index in [0.29, 0.717) is 22.8 Å². The minimum absolute atomic E-state index is 0.506. The van der Waals surface area contributed by atoms with Gasteiger partial charge in [0.05, 0.1) is 33.0 Å². The molecule has 0 fully saturated rings. The molecule has 4 heteroatoms. The smallest absolute Gasteiger partial charge is 0.170 e. The zero-order valence-electron chi connectivity index (χ0n) is 9.40. The molecule has 0 saturated carbocycles. The van der Waals surface area contributed by atoms with Crippen LogP contribution in [0, 0.1) is 0 Å². The maximum absolute atomic E-state index is 9.65. The van der Waals surface area contributed by atoms with Crippen LogP contribution in [-0.2, 0) is 0 Å². The van der Waals surface area contributed by atoms with Crippen LogP contribution >= 0.6 is 0 Å². The van der Waals surface area contributed by atoms with Crippen molar-refractivity contribution in [1.82, 2.24) is 0 Å². The molecule has 1 aromatic rings. The molecular weight excluding hydrogens is 196 g/mol. The van der Waals surface area contributed by atoms with Gasteiger partial charge in [-0.2, -0.15) is 0 Å². The molecule has 0 amide bonds. The maximum Gasteiger partial charge on any atom is 0.170 e. The Hall–Kier alpha value is -1.42. The molecular formula is C11H16O4. The summed E-state index contributed by atoms with van der Waals surface area (Å²) in [5.41, 5.74) is 0.597. The summed E-state index contributed by atoms with van der Waals surface area (Å²) in [5, 5.41) is 9.65. The number of aliphatic hydroxyl groups excluding tert-OH is 1. The molecule has 0 bridgehead atoms. The van der Waals surface area contributed by atoms with Gasteiger partial charge in [-0.25, -0.2) is 0 Å². The van der Waals surface area contributed by atoms with Crippen LogP contribution in [-0.4, -0.2) is 26.4 Å². The lowest BCUT2D eigenvalue weighted by atomic mass is 10.1. The zero-order valence-corrected chi connectivity index (χ0v) is 9.40. The molecule has 1 unspecified atom stereocenters. The molecule has 0 aliphatic rings. The molecule has 84 valence electrons. The molecule has 0 heterocycles. The molecule has 0 spiro atoms. The molecule has 15 heavy (non-hydrogen) atoms. The van der Waals surface area contributed by atoms with Crippen molar-refractivity contribution < 1.29 is 19.3 Å². The SMILES string of the molecule is COc1ccc(OC)c(C(C)O)c1OC. The summed E-state index contributed by atoms with van der Waals surface area (Å²) in [7, 11) is 4.63. The average Bonchev–Trinajstić information content (AvgIpc) is 2.26. The zero-order chi connectivity index (χ0) is 11.4.